The molecule has 11 nitrogen and oxygen atoms in total. The van der Waals surface area contributed by atoms with Crippen molar-refractivity contribution in [2.45, 2.75) is 0 Å². The Labute approximate surface area is 180 Å². The monoisotopic (exact) mass is 527 g/mol. The van der Waals surface area contributed by atoms with E-state index >= 15 is 0 Å². The second-order valence-corrected chi connectivity index (χ2v) is 9.14. The molecule has 0 saturated carbocycles. The van der Waals surface area contributed by atoms with Crippen molar-refractivity contribution in [3.05, 3.63) is 46.7 Å². The van der Waals surface area contributed by atoms with E-state index in [1.807, 2.05) is 40.8 Å². The molecule has 0 spiro atoms. The van der Waals surface area contributed by atoms with Gasteiger partial charge in [0.1, 0.15) is 10.0 Å². The van der Waals surface area contributed by atoms with E-state index in [4.69, 9.17) is 11.5 Å². The van der Waals surface area contributed by atoms with Crippen LogP contribution in [0.4, 0.5) is 11.8 Å². The van der Waals surface area contributed by atoms with Gasteiger partial charge in [0.15, 0.2) is 5.82 Å². The predicted octanol–water partition coefficient (Wildman–Crippen LogP) is 1.33. The molecule has 0 aliphatic heterocycles. The molecule has 0 unspecified atom stereocenters. The summed E-state index contributed by atoms with van der Waals surface area (Å²) in [7, 11) is -0.425. The molecule has 152 valence electrons. The molecule has 0 atom stereocenters. The Morgan fingerprint density at radius 1 is 1.17 bits per heavy atom. The summed E-state index contributed by atoms with van der Waals surface area (Å²) < 4.78 is 25.6. The van der Waals surface area contributed by atoms with Crippen LogP contribution in [-0.2, 0) is 10.2 Å². The molecule has 13 heteroatoms. The predicted molar refractivity (Wildman–Crippen MR) is 119 cm³/mol. The van der Waals surface area contributed by atoms with Crippen molar-refractivity contribution in [3.63, 3.8) is 0 Å². The number of rotatable bonds is 3. The maximum absolute atomic E-state index is 11.4. The number of fused-ring (bicyclic) bond motifs is 1. The molecule has 3 aromatic heterocycles. The van der Waals surface area contributed by atoms with Gasteiger partial charge in [-0.2, -0.15) is 17.8 Å². The highest BCUT2D eigenvalue weighted by Gasteiger charge is 2.15. The fourth-order valence-corrected chi connectivity index (χ4v) is 3.72. The van der Waals surface area contributed by atoms with Crippen LogP contribution in [-0.4, -0.2) is 55.9 Å². The van der Waals surface area contributed by atoms with Gasteiger partial charge >= 0.3 is 10.2 Å². The Morgan fingerprint density at radius 3 is 2.55 bits per heavy atom. The SMILES string of the molecule is CN(C)S(=O)(=O)n1cnc(I)c1.Nc1nccc(-c2ccc3[nH]nc(N)c3c2)n1. The number of halogens is 1. The van der Waals surface area contributed by atoms with E-state index in [0.29, 0.717) is 9.52 Å². The fourth-order valence-electron chi connectivity index (χ4n) is 2.33. The third-order valence-electron chi connectivity index (χ3n) is 3.82. The van der Waals surface area contributed by atoms with Gasteiger partial charge in [0.05, 0.1) is 17.4 Å². The first-order chi connectivity index (χ1) is 13.7. The standard InChI is InChI=1S/C11H10N6.C5H8IN3O2S/c12-10-7-5-6(1-2-9(7)16-17-10)8-3-4-14-11(13)15-8;1-8(2)12(10,11)9-3-5(6)7-4-9/h1-5H,(H3,12,16,17)(H2,13,14,15);3-4H,1-2H3. The minimum Gasteiger partial charge on any atom is -0.382 e. The van der Waals surface area contributed by atoms with E-state index < -0.39 is 10.2 Å². The lowest BCUT2D eigenvalue weighted by atomic mass is 10.1. The van der Waals surface area contributed by atoms with Crippen molar-refractivity contribution in [2.24, 2.45) is 0 Å². The van der Waals surface area contributed by atoms with Crippen LogP contribution in [0.25, 0.3) is 22.2 Å². The molecule has 5 N–H and O–H groups in total. The topological polar surface area (TPSA) is 162 Å². The minimum atomic E-state index is -3.37. The van der Waals surface area contributed by atoms with Gasteiger partial charge in [-0.3, -0.25) is 5.10 Å². The van der Waals surface area contributed by atoms with E-state index in [1.165, 1.54) is 26.6 Å². The Bertz CT molecular complexity index is 1250. The smallest absolute Gasteiger partial charge is 0.308 e. The first kappa shape index (κ1) is 20.9. The van der Waals surface area contributed by atoms with Crippen LogP contribution in [0.5, 0.6) is 0 Å². The molecule has 29 heavy (non-hydrogen) atoms. The zero-order chi connectivity index (χ0) is 21.2. The van der Waals surface area contributed by atoms with Crippen LogP contribution >= 0.6 is 22.6 Å². The lowest BCUT2D eigenvalue weighted by molar-refractivity contribution is 0.510. The molecule has 3 heterocycles. The Balaban J connectivity index is 0.000000177. The number of anilines is 2. The largest absolute Gasteiger partial charge is 0.382 e. The summed E-state index contributed by atoms with van der Waals surface area (Å²) in [5, 5.41) is 7.66. The lowest BCUT2D eigenvalue weighted by Crippen LogP contribution is -2.27. The molecule has 0 bridgehead atoms. The first-order valence-electron chi connectivity index (χ1n) is 8.13. The van der Waals surface area contributed by atoms with Gasteiger partial charge in [-0.15, -0.1) is 0 Å². The van der Waals surface area contributed by atoms with Crippen LogP contribution in [0.2, 0.25) is 0 Å². The maximum Gasteiger partial charge on any atom is 0.308 e. The molecule has 0 aliphatic rings. The highest BCUT2D eigenvalue weighted by atomic mass is 127. The van der Waals surface area contributed by atoms with Crippen molar-refractivity contribution >= 4 is 55.5 Å². The van der Waals surface area contributed by atoms with Crippen LogP contribution in [0, 0.1) is 3.70 Å². The van der Waals surface area contributed by atoms with Gasteiger partial charge < -0.3 is 11.5 Å². The van der Waals surface area contributed by atoms with E-state index in [0.717, 1.165) is 30.4 Å². The number of nitrogens with one attached hydrogen (secondary N) is 1. The summed E-state index contributed by atoms with van der Waals surface area (Å²) in [5.41, 5.74) is 13.9. The van der Waals surface area contributed by atoms with E-state index in [9.17, 15) is 8.42 Å². The maximum atomic E-state index is 11.4. The number of nitrogens with zero attached hydrogens (tertiary/aromatic N) is 6. The summed E-state index contributed by atoms with van der Waals surface area (Å²) in [4.78, 5) is 11.8. The highest BCUT2D eigenvalue weighted by molar-refractivity contribution is 14.1. The van der Waals surface area contributed by atoms with Crippen molar-refractivity contribution < 1.29 is 8.42 Å². The van der Waals surface area contributed by atoms with Crippen molar-refractivity contribution in [3.8, 4) is 11.3 Å². The number of hydrogen-bond donors (Lipinski definition) is 3. The van der Waals surface area contributed by atoms with Gasteiger partial charge in [0.25, 0.3) is 0 Å². The zero-order valence-corrected chi connectivity index (χ0v) is 18.5. The number of H-pyrrole nitrogens is 1. The van der Waals surface area contributed by atoms with Gasteiger partial charge in [0, 0.05) is 31.2 Å². The average molecular weight is 527 g/mol. The third-order valence-corrected chi connectivity index (χ3v) is 6.03. The molecule has 4 aromatic rings. The summed E-state index contributed by atoms with van der Waals surface area (Å²) in [6.45, 7) is 0. The van der Waals surface area contributed by atoms with E-state index in [-0.39, 0.29) is 5.95 Å². The quantitative estimate of drug-likeness (QED) is 0.336. The summed E-state index contributed by atoms with van der Waals surface area (Å²) in [6.07, 6.45) is 4.35. The fraction of sp³-hybridized carbons (Fsp3) is 0.125. The van der Waals surface area contributed by atoms with Crippen LogP contribution < -0.4 is 11.5 Å². The number of nitrogen functional groups attached to an aromatic ring is 2. The Hall–Kier alpha value is -2.78. The molecule has 0 aliphatic carbocycles. The van der Waals surface area contributed by atoms with Crippen molar-refractivity contribution in [2.75, 3.05) is 25.6 Å². The average Bonchev–Trinajstić information content (AvgIpc) is 3.28. The molecular formula is C16H18IN9O2S. The number of hydrogen-bond acceptors (Lipinski definition) is 8. The third kappa shape index (κ3) is 4.63. The summed E-state index contributed by atoms with van der Waals surface area (Å²) in [5.74, 6) is 0.728. The minimum absolute atomic E-state index is 0.253. The van der Waals surface area contributed by atoms with Crippen LogP contribution in [0.3, 0.4) is 0 Å². The number of aromatic nitrogens is 6. The molecule has 0 fully saturated rings. The molecule has 4 rings (SSSR count). The van der Waals surface area contributed by atoms with Gasteiger partial charge in [-0.25, -0.2) is 18.9 Å². The van der Waals surface area contributed by atoms with Crippen LogP contribution in [0.15, 0.2) is 43.0 Å². The number of benzene rings is 1. The highest BCUT2D eigenvalue weighted by Crippen LogP contribution is 2.25. The van der Waals surface area contributed by atoms with Crippen molar-refractivity contribution in [1.82, 2.24) is 33.4 Å². The Morgan fingerprint density at radius 2 is 1.93 bits per heavy atom. The molecule has 0 amide bonds. The normalized spacial score (nSPS) is 11.4. The molecule has 0 radical (unpaired) electrons. The Kier molecular flexibility index (Phi) is 5.99. The summed E-state index contributed by atoms with van der Waals surface area (Å²) in [6, 6.07) is 7.57. The first-order valence-corrected chi connectivity index (χ1v) is 10.6. The number of aromatic amines is 1. The van der Waals surface area contributed by atoms with E-state index in [2.05, 4.69) is 25.1 Å². The second kappa shape index (κ2) is 8.30. The van der Waals surface area contributed by atoms with E-state index in [1.54, 1.807) is 12.3 Å². The molecule has 0 saturated heterocycles. The summed E-state index contributed by atoms with van der Waals surface area (Å²) >= 11 is 1.95. The van der Waals surface area contributed by atoms with Crippen LogP contribution in [0.1, 0.15) is 0 Å². The number of nitrogens with two attached hydrogens (primary N) is 2. The van der Waals surface area contributed by atoms with Gasteiger partial charge in [-0.05, 0) is 40.8 Å². The van der Waals surface area contributed by atoms with Crippen molar-refractivity contribution in [1.29, 1.82) is 0 Å². The lowest BCUT2D eigenvalue weighted by Gasteiger charge is -2.10. The van der Waals surface area contributed by atoms with Gasteiger partial charge in [0.2, 0.25) is 5.95 Å². The van der Waals surface area contributed by atoms with Gasteiger partial charge in [-0.1, -0.05) is 6.07 Å². The zero-order valence-electron chi connectivity index (χ0n) is 15.5. The molecular weight excluding hydrogens is 509 g/mol. The number of imidazole rings is 1. The second-order valence-electron chi connectivity index (χ2n) is 5.99. The molecule has 1 aromatic carbocycles.